The van der Waals surface area contributed by atoms with Gasteiger partial charge in [-0.1, -0.05) is 22.7 Å². The number of Topliss-reactive ketones (excluding diaryl/α,β-unsaturated/α-hetero) is 1. The van der Waals surface area contributed by atoms with Gasteiger partial charge >= 0.3 is 10.5 Å². The number of ketones is 1. The van der Waals surface area contributed by atoms with Gasteiger partial charge in [-0.15, -0.1) is 0 Å². The van der Waals surface area contributed by atoms with Gasteiger partial charge in [0, 0.05) is 29.8 Å². The number of anilines is 1. The molecular formula is C14H14N4O5S. The average Bonchev–Trinajstić information content (AvgIpc) is 2.57. The van der Waals surface area contributed by atoms with E-state index in [0.29, 0.717) is 11.3 Å². The lowest BCUT2D eigenvalue weighted by Crippen LogP contribution is -2.05. The monoisotopic (exact) mass is 350 g/mol. The molecule has 0 aromatic heterocycles. The predicted molar refractivity (Wildman–Crippen MR) is 87.5 cm³/mol. The molecule has 0 atom stereocenters. The molecule has 0 radical (unpaired) electrons. The number of nitrogens with two attached hydrogens (primary N) is 2. The third-order valence-corrected chi connectivity index (χ3v) is 3.06. The van der Waals surface area contributed by atoms with Crippen LogP contribution >= 0.6 is 0 Å². The van der Waals surface area contributed by atoms with Crippen LogP contribution in [0.15, 0.2) is 53.0 Å². The largest absolute Gasteiger partial charge is 0.398 e. The summed E-state index contributed by atoms with van der Waals surface area (Å²) < 4.78 is 20.5. The summed E-state index contributed by atoms with van der Waals surface area (Å²) in [7, 11) is -2.42. The minimum absolute atomic E-state index is 0.0317. The first-order chi connectivity index (χ1) is 11.3. The molecule has 0 aliphatic heterocycles. The molecule has 0 saturated carbocycles. The molecule has 0 amide bonds. The Balaban J connectivity index is 0.000000505. The summed E-state index contributed by atoms with van der Waals surface area (Å²) in [6.45, 7) is 0. The van der Waals surface area contributed by atoms with E-state index < -0.39 is 15.4 Å². The Morgan fingerprint density at radius 2 is 1.67 bits per heavy atom. The van der Waals surface area contributed by atoms with Gasteiger partial charge in [0.05, 0.1) is 4.92 Å². The van der Waals surface area contributed by atoms with Crippen LogP contribution in [0.25, 0.3) is 0 Å². The summed E-state index contributed by atoms with van der Waals surface area (Å²) in [4.78, 5) is 22.0. The van der Waals surface area contributed by atoms with E-state index in [9.17, 15) is 14.9 Å². The second-order valence-corrected chi connectivity index (χ2v) is 5.07. The van der Waals surface area contributed by atoms with Crippen LogP contribution in [-0.4, -0.2) is 19.1 Å². The maximum Gasteiger partial charge on any atom is 0.327 e. The first kappa shape index (κ1) is 18.9. The highest BCUT2D eigenvalue weighted by Gasteiger charge is 2.11. The zero-order valence-corrected chi connectivity index (χ0v) is 13.1. The maximum absolute atomic E-state index is 12.0. The number of hydrogen-bond donors (Lipinski definition) is 2. The standard InChI is InChI=1S/C14H12N2O3.H2N2O2S/c15-13-4-2-1-3-11(13)9-14(17)10-5-7-12(8-6-10)16(18)19;1-2-5(3)4/h1-8H,9,15H2;1H2. The van der Waals surface area contributed by atoms with Gasteiger partial charge < -0.3 is 5.73 Å². The fourth-order valence-electron chi connectivity index (χ4n) is 1.74. The lowest BCUT2D eigenvalue weighted by atomic mass is 10.0. The molecule has 0 unspecified atom stereocenters. The highest BCUT2D eigenvalue weighted by Crippen LogP contribution is 2.16. The Kier molecular flexibility index (Phi) is 7.20. The zero-order valence-electron chi connectivity index (χ0n) is 12.3. The third kappa shape index (κ3) is 5.94. The van der Waals surface area contributed by atoms with E-state index in [0.717, 1.165) is 5.56 Å². The Bertz CT molecular complexity index is 855. The maximum atomic E-state index is 12.0. The number of para-hydroxylation sites is 1. The van der Waals surface area contributed by atoms with E-state index >= 15 is 0 Å². The van der Waals surface area contributed by atoms with E-state index in [1.54, 1.807) is 18.2 Å². The van der Waals surface area contributed by atoms with Crippen molar-refractivity contribution in [3.8, 4) is 0 Å². The van der Waals surface area contributed by atoms with Gasteiger partial charge in [-0.2, -0.15) is 8.42 Å². The molecule has 4 N–H and O–H groups in total. The quantitative estimate of drug-likeness (QED) is 0.278. The van der Waals surface area contributed by atoms with Gasteiger partial charge in [-0.05, 0) is 23.8 Å². The lowest BCUT2D eigenvalue weighted by molar-refractivity contribution is -0.384. The molecule has 0 aliphatic rings. The number of nitro groups is 1. The number of non-ortho nitro benzene ring substituents is 1. The van der Waals surface area contributed by atoms with Gasteiger partial charge in [0.2, 0.25) is 0 Å². The lowest BCUT2D eigenvalue weighted by Gasteiger charge is -2.04. The molecule has 9 nitrogen and oxygen atoms in total. The van der Waals surface area contributed by atoms with Crippen LogP contribution in [0.4, 0.5) is 11.4 Å². The summed E-state index contributed by atoms with van der Waals surface area (Å²) in [5, 5.41) is 10.5. The molecule has 0 spiro atoms. The van der Waals surface area contributed by atoms with Crippen molar-refractivity contribution in [2.75, 3.05) is 5.73 Å². The molecule has 0 heterocycles. The van der Waals surface area contributed by atoms with Gasteiger partial charge in [0.15, 0.2) is 5.78 Å². The Morgan fingerprint density at radius 1 is 1.12 bits per heavy atom. The van der Waals surface area contributed by atoms with Crippen molar-refractivity contribution in [2.24, 2.45) is 10.3 Å². The molecule has 2 aromatic carbocycles. The Labute approximate surface area is 138 Å². The van der Waals surface area contributed by atoms with Crippen molar-refractivity contribution in [2.45, 2.75) is 6.42 Å². The average molecular weight is 350 g/mol. The number of nitro benzene ring substituents is 1. The predicted octanol–water partition coefficient (Wildman–Crippen LogP) is 1.53. The zero-order chi connectivity index (χ0) is 18.1. The first-order valence-electron chi connectivity index (χ1n) is 6.46. The number of nitrogen functional groups attached to an aromatic ring is 1. The Hall–Kier alpha value is -3.11. The number of rotatable bonds is 4. The van der Waals surface area contributed by atoms with Crippen molar-refractivity contribution in [1.29, 1.82) is 0 Å². The molecule has 0 bridgehead atoms. The van der Waals surface area contributed by atoms with Crippen LogP contribution in [0.5, 0.6) is 0 Å². The number of nitrogens with zero attached hydrogens (tertiary/aromatic N) is 2. The van der Waals surface area contributed by atoms with E-state index in [2.05, 4.69) is 10.3 Å². The summed E-state index contributed by atoms with van der Waals surface area (Å²) in [6.07, 6.45) is 0.185. The number of carbonyl (C=O) groups is 1. The fourth-order valence-corrected chi connectivity index (χ4v) is 1.74. The van der Waals surface area contributed by atoms with Gasteiger partial charge in [-0.3, -0.25) is 14.9 Å². The summed E-state index contributed by atoms with van der Waals surface area (Å²) >= 11 is 0. The molecule has 10 heteroatoms. The normalized spacial score (nSPS) is 9.38. The fraction of sp³-hybridized carbons (Fsp3) is 0.0714. The second kappa shape index (κ2) is 9.12. The SMILES string of the molecule is NN=S(=O)=O.Nc1ccccc1CC(=O)c1ccc([N+](=O)[O-])cc1. The van der Waals surface area contributed by atoms with Gasteiger partial charge in [-0.25, -0.2) is 5.84 Å². The molecule has 0 fully saturated rings. The third-order valence-electron chi connectivity index (χ3n) is 2.89. The minimum atomic E-state index is -2.42. The molecule has 126 valence electrons. The van der Waals surface area contributed by atoms with Gasteiger partial charge in [0.1, 0.15) is 0 Å². The number of benzene rings is 2. The number of carbonyl (C=O) groups excluding carboxylic acids is 1. The number of hydrogen-bond acceptors (Lipinski definition) is 7. The minimum Gasteiger partial charge on any atom is -0.398 e. The van der Waals surface area contributed by atoms with Crippen LogP contribution in [0.1, 0.15) is 15.9 Å². The molecular weight excluding hydrogens is 336 g/mol. The van der Waals surface area contributed by atoms with Crippen molar-refractivity contribution < 1.29 is 18.1 Å². The van der Waals surface area contributed by atoms with Crippen LogP contribution in [0.3, 0.4) is 0 Å². The molecule has 0 saturated heterocycles. The second-order valence-electron chi connectivity index (χ2n) is 4.43. The van der Waals surface area contributed by atoms with Crippen molar-refractivity contribution in [3.05, 3.63) is 69.8 Å². The van der Waals surface area contributed by atoms with Crippen LogP contribution in [-0.2, 0) is 16.9 Å². The Morgan fingerprint density at radius 3 is 2.12 bits per heavy atom. The topological polar surface area (TPSA) is 159 Å². The molecule has 0 aliphatic carbocycles. The summed E-state index contributed by atoms with van der Waals surface area (Å²) in [5.41, 5.74) is 7.50. The van der Waals surface area contributed by atoms with E-state index in [4.69, 9.17) is 14.2 Å². The van der Waals surface area contributed by atoms with Crippen molar-refractivity contribution in [1.82, 2.24) is 0 Å². The molecule has 2 rings (SSSR count). The first-order valence-corrected chi connectivity index (χ1v) is 7.49. The van der Waals surface area contributed by atoms with Gasteiger partial charge in [0.25, 0.3) is 5.69 Å². The van der Waals surface area contributed by atoms with Crippen LogP contribution in [0, 0.1) is 10.1 Å². The van der Waals surface area contributed by atoms with E-state index in [-0.39, 0.29) is 17.9 Å². The molecule has 24 heavy (non-hydrogen) atoms. The molecule has 2 aromatic rings. The highest BCUT2D eigenvalue weighted by molar-refractivity contribution is 7.61. The smallest absolute Gasteiger partial charge is 0.327 e. The van der Waals surface area contributed by atoms with Crippen molar-refractivity contribution in [3.63, 3.8) is 0 Å². The summed E-state index contributed by atoms with van der Waals surface area (Å²) in [6, 6.07) is 12.7. The van der Waals surface area contributed by atoms with Crippen molar-refractivity contribution >= 4 is 27.7 Å². The van der Waals surface area contributed by atoms with E-state index in [1.807, 2.05) is 6.07 Å². The highest BCUT2D eigenvalue weighted by atomic mass is 32.2. The van der Waals surface area contributed by atoms with E-state index in [1.165, 1.54) is 24.3 Å². The van der Waals surface area contributed by atoms with Crippen LogP contribution < -0.4 is 11.6 Å². The summed E-state index contributed by atoms with van der Waals surface area (Å²) in [5.74, 6) is 4.07. The van der Waals surface area contributed by atoms with Crippen LogP contribution in [0.2, 0.25) is 0 Å².